The number of esters is 1. The number of sulfonamides is 1. The van der Waals surface area contributed by atoms with Crippen molar-refractivity contribution in [2.45, 2.75) is 18.7 Å². The minimum Gasteiger partial charge on any atom is -0.465 e. The summed E-state index contributed by atoms with van der Waals surface area (Å²) in [5.41, 5.74) is 2.78. The number of methoxy groups -OCH3 is 1. The summed E-state index contributed by atoms with van der Waals surface area (Å²) >= 11 is 0.966. The lowest BCUT2D eigenvalue weighted by Crippen LogP contribution is -2.38. The molecule has 1 amide bonds. The molecule has 1 aromatic heterocycles. The SMILES string of the molecule is COC(=O)c1sccc1S(=O)(=O)N(CC(=O)Nc1cccc(C)c1)c1ccc(C)cc1. The largest absolute Gasteiger partial charge is 0.465 e. The maximum absolute atomic E-state index is 13.5. The van der Waals surface area contributed by atoms with Crippen molar-refractivity contribution >= 4 is 44.6 Å². The fraction of sp³-hybridized carbons (Fsp3) is 0.182. The number of amides is 1. The van der Waals surface area contributed by atoms with Gasteiger partial charge in [0.2, 0.25) is 5.91 Å². The number of ether oxygens (including phenoxy) is 1. The molecule has 0 spiro atoms. The van der Waals surface area contributed by atoms with Crippen LogP contribution < -0.4 is 9.62 Å². The first-order chi connectivity index (χ1) is 14.7. The number of nitrogens with zero attached hydrogens (tertiary/aromatic N) is 1. The monoisotopic (exact) mass is 458 g/mol. The molecule has 2 aromatic carbocycles. The van der Waals surface area contributed by atoms with E-state index in [1.54, 1.807) is 42.5 Å². The van der Waals surface area contributed by atoms with Gasteiger partial charge in [-0.2, -0.15) is 0 Å². The number of anilines is 2. The number of carbonyl (C=O) groups excluding carboxylic acids is 2. The van der Waals surface area contributed by atoms with Gasteiger partial charge in [0.25, 0.3) is 10.0 Å². The standard InChI is InChI=1S/C22H22N2O5S2/c1-15-7-9-18(10-8-15)24(14-20(25)23-17-6-4-5-16(2)13-17)31(27,28)19-11-12-30-21(19)22(26)29-3/h4-13H,14H2,1-3H3,(H,23,25). The van der Waals surface area contributed by atoms with Crippen LogP contribution in [0.2, 0.25) is 0 Å². The van der Waals surface area contributed by atoms with Crippen LogP contribution in [0.3, 0.4) is 0 Å². The summed E-state index contributed by atoms with van der Waals surface area (Å²) in [5.74, 6) is -1.26. The number of hydrogen-bond acceptors (Lipinski definition) is 6. The van der Waals surface area contributed by atoms with Gasteiger partial charge in [0.1, 0.15) is 16.3 Å². The zero-order valence-corrected chi connectivity index (χ0v) is 18.9. The third kappa shape index (κ3) is 5.12. The second-order valence-electron chi connectivity index (χ2n) is 6.87. The van der Waals surface area contributed by atoms with Gasteiger partial charge in [0.15, 0.2) is 0 Å². The van der Waals surface area contributed by atoms with Gasteiger partial charge in [0, 0.05) is 5.69 Å². The van der Waals surface area contributed by atoms with Gasteiger partial charge in [-0.05, 0) is 55.1 Å². The van der Waals surface area contributed by atoms with Gasteiger partial charge >= 0.3 is 5.97 Å². The summed E-state index contributed by atoms with van der Waals surface area (Å²) in [6.45, 7) is 3.31. The van der Waals surface area contributed by atoms with Crippen molar-refractivity contribution < 1.29 is 22.7 Å². The average molecular weight is 459 g/mol. The number of hydrogen-bond donors (Lipinski definition) is 1. The van der Waals surface area contributed by atoms with E-state index in [0.29, 0.717) is 11.4 Å². The van der Waals surface area contributed by atoms with Crippen LogP contribution >= 0.6 is 11.3 Å². The number of benzene rings is 2. The van der Waals surface area contributed by atoms with Gasteiger partial charge in [-0.15, -0.1) is 11.3 Å². The van der Waals surface area contributed by atoms with Crippen LogP contribution in [0.15, 0.2) is 64.9 Å². The Morgan fingerprint density at radius 1 is 1.03 bits per heavy atom. The molecule has 0 aliphatic rings. The predicted molar refractivity (Wildman–Crippen MR) is 121 cm³/mol. The van der Waals surface area contributed by atoms with Crippen molar-refractivity contribution in [3.63, 3.8) is 0 Å². The van der Waals surface area contributed by atoms with E-state index in [2.05, 4.69) is 5.32 Å². The molecule has 0 fully saturated rings. The Balaban J connectivity index is 1.99. The van der Waals surface area contributed by atoms with Crippen molar-refractivity contribution in [2.24, 2.45) is 0 Å². The topological polar surface area (TPSA) is 92.8 Å². The van der Waals surface area contributed by atoms with Crippen molar-refractivity contribution in [3.05, 3.63) is 76.0 Å². The molecule has 3 aromatic rings. The molecule has 3 rings (SSSR count). The van der Waals surface area contributed by atoms with Crippen LogP contribution in [-0.2, 0) is 19.6 Å². The van der Waals surface area contributed by atoms with E-state index in [0.717, 1.165) is 26.8 Å². The molecule has 0 bridgehead atoms. The fourth-order valence-corrected chi connectivity index (χ4v) is 5.67. The predicted octanol–water partition coefficient (Wildman–Crippen LogP) is 3.99. The Morgan fingerprint density at radius 3 is 2.39 bits per heavy atom. The van der Waals surface area contributed by atoms with E-state index in [9.17, 15) is 18.0 Å². The molecule has 7 nitrogen and oxygen atoms in total. The van der Waals surface area contributed by atoms with E-state index < -0.39 is 28.4 Å². The van der Waals surface area contributed by atoms with Crippen LogP contribution in [0, 0.1) is 13.8 Å². The zero-order valence-electron chi connectivity index (χ0n) is 17.3. The Kier molecular flexibility index (Phi) is 6.77. The molecule has 0 saturated carbocycles. The first-order valence-electron chi connectivity index (χ1n) is 9.34. The summed E-state index contributed by atoms with van der Waals surface area (Å²) in [7, 11) is -3.04. The highest BCUT2D eigenvalue weighted by atomic mass is 32.2. The van der Waals surface area contributed by atoms with Crippen LogP contribution in [0.5, 0.6) is 0 Å². The maximum Gasteiger partial charge on any atom is 0.349 e. The first kappa shape index (κ1) is 22.5. The molecule has 31 heavy (non-hydrogen) atoms. The van der Waals surface area contributed by atoms with Crippen LogP contribution in [0.4, 0.5) is 11.4 Å². The lowest BCUT2D eigenvalue weighted by Gasteiger charge is -2.24. The second kappa shape index (κ2) is 9.32. The van der Waals surface area contributed by atoms with Crippen LogP contribution in [0.25, 0.3) is 0 Å². The number of thiophene rings is 1. The van der Waals surface area contributed by atoms with Crippen LogP contribution in [0.1, 0.15) is 20.8 Å². The Morgan fingerprint density at radius 2 is 1.74 bits per heavy atom. The van der Waals surface area contributed by atoms with Crippen molar-refractivity contribution in [3.8, 4) is 0 Å². The summed E-state index contributed by atoms with van der Waals surface area (Å²) in [6, 6.07) is 15.3. The average Bonchev–Trinajstić information content (AvgIpc) is 3.23. The van der Waals surface area contributed by atoms with E-state index in [1.165, 1.54) is 18.6 Å². The van der Waals surface area contributed by atoms with E-state index in [4.69, 9.17) is 4.74 Å². The van der Waals surface area contributed by atoms with Crippen LogP contribution in [-0.4, -0.2) is 33.9 Å². The molecule has 0 unspecified atom stereocenters. The Bertz CT molecular complexity index is 1200. The quantitative estimate of drug-likeness (QED) is 0.541. The molecule has 162 valence electrons. The molecule has 1 N–H and O–H groups in total. The van der Waals surface area contributed by atoms with Gasteiger partial charge in [0.05, 0.1) is 12.8 Å². The smallest absolute Gasteiger partial charge is 0.349 e. The first-order valence-corrected chi connectivity index (χ1v) is 11.7. The Labute approximate surface area is 185 Å². The molecule has 0 radical (unpaired) electrons. The fourth-order valence-electron chi connectivity index (χ4n) is 2.94. The van der Waals surface area contributed by atoms with Gasteiger partial charge in [-0.1, -0.05) is 29.8 Å². The highest BCUT2D eigenvalue weighted by Crippen LogP contribution is 2.29. The number of rotatable bonds is 7. The van der Waals surface area contributed by atoms with Gasteiger partial charge in [-0.25, -0.2) is 13.2 Å². The van der Waals surface area contributed by atoms with Gasteiger partial charge in [-0.3, -0.25) is 9.10 Å². The minimum absolute atomic E-state index is 0.0429. The molecule has 0 saturated heterocycles. The number of nitrogens with one attached hydrogen (secondary N) is 1. The van der Waals surface area contributed by atoms with E-state index >= 15 is 0 Å². The Hall–Kier alpha value is -3.17. The third-order valence-electron chi connectivity index (χ3n) is 4.48. The lowest BCUT2D eigenvalue weighted by molar-refractivity contribution is -0.114. The summed E-state index contributed by atoms with van der Waals surface area (Å²) in [6.07, 6.45) is 0. The summed E-state index contributed by atoms with van der Waals surface area (Å²) < 4.78 is 32.7. The highest BCUT2D eigenvalue weighted by Gasteiger charge is 2.32. The molecular weight excluding hydrogens is 436 g/mol. The maximum atomic E-state index is 13.5. The molecular formula is C22H22N2O5S2. The van der Waals surface area contributed by atoms with E-state index in [1.807, 2.05) is 19.9 Å². The highest BCUT2D eigenvalue weighted by molar-refractivity contribution is 7.93. The zero-order chi connectivity index (χ0) is 22.6. The number of carbonyl (C=O) groups is 2. The van der Waals surface area contributed by atoms with Crippen molar-refractivity contribution in [1.29, 1.82) is 0 Å². The summed E-state index contributed by atoms with van der Waals surface area (Å²) in [4.78, 5) is 24.6. The molecule has 0 aliphatic heterocycles. The normalized spacial score (nSPS) is 11.1. The van der Waals surface area contributed by atoms with E-state index in [-0.39, 0.29) is 9.77 Å². The molecule has 0 atom stereocenters. The van der Waals surface area contributed by atoms with Crippen molar-refractivity contribution in [2.75, 3.05) is 23.3 Å². The molecule has 9 heteroatoms. The third-order valence-corrected chi connectivity index (χ3v) is 7.32. The van der Waals surface area contributed by atoms with Gasteiger partial charge < -0.3 is 10.1 Å². The minimum atomic E-state index is -4.22. The summed E-state index contributed by atoms with van der Waals surface area (Å²) in [5, 5.41) is 4.23. The van der Waals surface area contributed by atoms with Crippen molar-refractivity contribution in [1.82, 2.24) is 0 Å². The number of aryl methyl sites for hydroxylation is 2. The second-order valence-corrected chi connectivity index (χ2v) is 9.62. The lowest BCUT2D eigenvalue weighted by atomic mass is 10.2. The molecule has 0 aliphatic carbocycles. The molecule has 1 heterocycles.